The van der Waals surface area contributed by atoms with E-state index in [0.29, 0.717) is 5.92 Å². The molecule has 0 saturated heterocycles. The lowest BCUT2D eigenvalue weighted by atomic mass is 9.91. The first-order chi connectivity index (χ1) is 22.3. The molecule has 0 amide bonds. The number of anilines is 2. The summed E-state index contributed by atoms with van der Waals surface area (Å²) in [5.74, 6) is 0.359. The standard InChI is InChI=1S/C42H28N2O/c1-5-19-37-31(13-1)32-14-2-6-20-38(32)43(37)28-12-9-11-27(25-28)30-17-10-18-35-36-26-29(23-24-41(36)45-42(30)35)44-39-21-7-3-15-33(39)34-16-4-8-22-40(34)44/h1-26,31,37H. The maximum absolute atomic E-state index is 6.65. The number of nitrogens with zero attached hydrogens (tertiary/aromatic N) is 2. The lowest BCUT2D eigenvalue weighted by Crippen LogP contribution is -2.28. The lowest BCUT2D eigenvalue weighted by Gasteiger charge is -2.29. The van der Waals surface area contributed by atoms with Gasteiger partial charge in [0.2, 0.25) is 0 Å². The highest BCUT2D eigenvalue weighted by Crippen LogP contribution is 2.48. The monoisotopic (exact) mass is 576 g/mol. The van der Waals surface area contributed by atoms with E-state index in [2.05, 4.69) is 167 Å². The van der Waals surface area contributed by atoms with Gasteiger partial charge in [0, 0.05) is 50.1 Å². The summed E-state index contributed by atoms with van der Waals surface area (Å²) in [6.45, 7) is 0. The summed E-state index contributed by atoms with van der Waals surface area (Å²) < 4.78 is 9.02. The minimum absolute atomic E-state index is 0.268. The van der Waals surface area contributed by atoms with Crippen LogP contribution in [0.15, 0.2) is 162 Å². The molecule has 3 heteroatoms. The molecule has 0 bridgehead atoms. The van der Waals surface area contributed by atoms with Gasteiger partial charge in [-0.2, -0.15) is 0 Å². The third-order valence-corrected chi connectivity index (χ3v) is 9.71. The maximum atomic E-state index is 6.65. The van der Waals surface area contributed by atoms with Gasteiger partial charge < -0.3 is 13.9 Å². The molecule has 2 unspecified atom stereocenters. The molecule has 2 atom stereocenters. The second kappa shape index (κ2) is 9.35. The average molecular weight is 577 g/mol. The number of hydrogen-bond donors (Lipinski definition) is 0. The van der Waals surface area contributed by atoms with Crippen LogP contribution in [0.2, 0.25) is 0 Å². The lowest BCUT2D eigenvalue weighted by molar-refractivity contribution is 0.670. The van der Waals surface area contributed by atoms with Crippen molar-refractivity contribution in [1.29, 1.82) is 0 Å². The zero-order valence-corrected chi connectivity index (χ0v) is 24.5. The van der Waals surface area contributed by atoms with Crippen LogP contribution in [0, 0.1) is 0 Å². The van der Waals surface area contributed by atoms with E-state index < -0.39 is 0 Å². The molecular formula is C42H28N2O. The number of fused-ring (bicyclic) bond motifs is 9. The van der Waals surface area contributed by atoms with Crippen LogP contribution < -0.4 is 4.90 Å². The second-order valence-corrected chi connectivity index (χ2v) is 12.1. The number of allylic oxidation sites excluding steroid dienone is 2. The van der Waals surface area contributed by atoms with E-state index in [1.54, 1.807) is 0 Å². The Labute approximate surface area is 260 Å². The van der Waals surface area contributed by atoms with Crippen LogP contribution in [0.4, 0.5) is 11.4 Å². The summed E-state index contributed by atoms with van der Waals surface area (Å²) in [6, 6.07) is 48.4. The number of benzene rings is 6. The van der Waals surface area contributed by atoms with Crippen LogP contribution in [0.5, 0.6) is 0 Å². The highest BCUT2D eigenvalue weighted by Gasteiger charge is 2.37. The van der Waals surface area contributed by atoms with Gasteiger partial charge >= 0.3 is 0 Å². The third-order valence-electron chi connectivity index (χ3n) is 9.71. The van der Waals surface area contributed by atoms with Crippen molar-refractivity contribution in [3.63, 3.8) is 0 Å². The molecule has 1 aliphatic heterocycles. The zero-order valence-electron chi connectivity index (χ0n) is 24.5. The molecule has 0 fully saturated rings. The smallest absolute Gasteiger partial charge is 0.143 e. The van der Waals surface area contributed by atoms with Crippen LogP contribution in [-0.4, -0.2) is 10.6 Å². The van der Waals surface area contributed by atoms with E-state index in [4.69, 9.17) is 4.42 Å². The third kappa shape index (κ3) is 3.52. The van der Waals surface area contributed by atoms with Crippen molar-refractivity contribution in [1.82, 2.24) is 4.57 Å². The Morgan fingerprint density at radius 3 is 2.13 bits per heavy atom. The van der Waals surface area contributed by atoms with Crippen molar-refractivity contribution >= 4 is 55.1 Å². The molecule has 6 aromatic carbocycles. The van der Waals surface area contributed by atoms with E-state index in [1.165, 1.54) is 38.7 Å². The topological polar surface area (TPSA) is 21.3 Å². The fourth-order valence-corrected chi connectivity index (χ4v) is 7.77. The van der Waals surface area contributed by atoms with E-state index >= 15 is 0 Å². The largest absolute Gasteiger partial charge is 0.455 e. The molecule has 0 radical (unpaired) electrons. The molecule has 2 aliphatic rings. The molecule has 212 valence electrons. The maximum Gasteiger partial charge on any atom is 0.143 e. The molecule has 0 N–H and O–H groups in total. The number of rotatable bonds is 3. The van der Waals surface area contributed by atoms with E-state index in [0.717, 1.165) is 38.8 Å². The van der Waals surface area contributed by atoms with Gasteiger partial charge in [0.25, 0.3) is 0 Å². The highest BCUT2D eigenvalue weighted by molar-refractivity contribution is 6.12. The first-order valence-corrected chi connectivity index (χ1v) is 15.6. The van der Waals surface area contributed by atoms with Gasteiger partial charge in [-0.15, -0.1) is 0 Å². The second-order valence-electron chi connectivity index (χ2n) is 12.1. The first kappa shape index (κ1) is 24.6. The van der Waals surface area contributed by atoms with Crippen LogP contribution in [-0.2, 0) is 0 Å². The minimum atomic E-state index is 0.268. The van der Waals surface area contributed by atoms with E-state index in [9.17, 15) is 0 Å². The molecule has 1 aliphatic carbocycles. The minimum Gasteiger partial charge on any atom is -0.455 e. The number of aromatic nitrogens is 1. The fraction of sp³-hybridized carbons (Fsp3) is 0.0476. The summed E-state index contributed by atoms with van der Waals surface area (Å²) in [4.78, 5) is 2.49. The van der Waals surface area contributed by atoms with Crippen molar-refractivity contribution in [2.24, 2.45) is 0 Å². The molecule has 8 aromatic rings. The van der Waals surface area contributed by atoms with Crippen LogP contribution in [0.1, 0.15) is 11.5 Å². The van der Waals surface area contributed by atoms with E-state index in [-0.39, 0.29) is 6.04 Å². The van der Waals surface area contributed by atoms with Gasteiger partial charge in [-0.05, 0) is 59.7 Å². The van der Waals surface area contributed by atoms with Crippen molar-refractivity contribution in [2.45, 2.75) is 12.0 Å². The highest BCUT2D eigenvalue weighted by atomic mass is 16.3. The van der Waals surface area contributed by atoms with Crippen LogP contribution >= 0.6 is 0 Å². The van der Waals surface area contributed by atoms with Crippen LogP contribution in [0.25, 0.3) is 60.6 Å². The molecule has 3 nitrogen and oxygen atoms in total. The zero-order chi connectivity index (χ0) is 29.5. The first-order valence-electron chi connectivity index (χ1n) is 15.6. The molecule has 2 aromatic heterocycles. The van der Waals surface area contributed by atoms with Crippen molar-refractivity contribution in [3.05, 3.63) is 163 Å². The Hall–Kier alpha value is -5.80. The summed E-state index contributed by atoms with van der Waals surface area (Å²) in [5.41, 5.74) is 11.5. The Bertz CT molecular complexity index is 2470. The Kier molecular flexibility index (Phi) is 5.11. The van der Waals surface area contributed by atoms with Crippen LogP contribution in [0.3, 0.4) is 0 Å². The van der Waals surface area contributed by atoms with Gasteiger partial charge in [0.1, 0.15) is 11.2 Å². The summed E-state index contributed by atoms with van der Waals surface area (Å²) >= 11 is 0. The van der Waals surface area contributed by atoms with Crippen molar-refractivity contribution in [2.75, 3.05) is 4.90 Å². The Morgan fingerprint density at radius 1 is 0.533 bits per heavy atom. The van der Waals surface area contributed by atoms with Crippen molar-refractivity contribution < 1.29 is 4.42 Å². The summed E-state index contributed by atoms with van der Waals surface area (Å²) in [6.07, 6.45) is 9.00. The van der Waals surface area contributed by atoms with Crippen molar-refractivity contribution in [3.8, 4) is 16.8 Å². The predicted octanol–water partition coefficient (Wildman–Crippen LogP) is 11.1. The quantitative estimate of drug-likeness (QED) is 0.209. The van der Waals surface area contributed by atoms with Gasteiger partial charge in [0.05, 0.1) is 17.1 Å². The molecule has 10 rings (SSSR count). The Balaban J connectivity index is 1.12. The average Bonchev–Trinajstić information content (AvgIpc) is 3.76. The fourth-order valence-electron chi connectivity index (χ4n) is 7.77. The Morgan fingerprint density at radius 2 is 1.27 bits per heavy atom. The van der Waals surface area contributed by atoms with Gasteiger partial charge in [-0.1, -0.05) is 109 Å². The summed E-state index contributed by atoms with van der Waals surface area (Å²) in [7, 11) is 0. The predicted molar refractivity (Wildman–Crippen MR) is 187 cm³/mol. The number of hydrogen-bond acceptors (Lipinski definition) is 2. The SMILES string of the molecule is C1=CC2c3ccccc3N(c3cccc(-c4cccc5c4oc4ccc(-n6c7ccccc7c7ccccc76)cc45)c3)C2C=C1. The summed E-state index contributed by atoms with van der Waals surface area (Å²) in [5, 5.41) is 4.78. The number of para-hydroxylation sites is 4. The molecule has 0 saturated carbocycles. The van der Waals surface area contributed by atoms with Gasteiger partial charge in [-0.3, -0.25) is 0 Å². The molecule has 3 heterocycles. The van der Waals surface area contributed by atoms with E-state index in [1.807, 2.05) is 0 Å². The van der Waals surface area contributed by atoms with Gasteiger partial charge in [-0.25, -0.2) is 0 Å². The normalized spacial score (nSPS) is 17.1. The number of furan rings is 1. The molecule has 0 spiro atoms. The van der Waals surface area contributed by atoms with Gasteiger partial charge in [0.15, 0.2) is 0 Å². The molecular weight excluding hydrogens is 548 g/mol. The molecule has 45 heavy (non-hydrogen) atoms.